The highest BCUT2D eigenvalue weighted by Crippen LogP contribution is 2.23. The van der Waals surface area contributed by atoms with Gasteiger partial charge in [-0.2, -0.15) is 0 Å². The molecule has 0 radical (unpaired) electrons. The van der Waals surface area contributed by atoms with Crippen LogP contribution in [0.2, 0.25) is 0 Å². The summed E-state index contributed by atoms with van der Waals surface area (Å²) < 4.78 is 31.7. The lowest BCUT2D eigenvalue weighted by atomic mass is 10.2. The number of rotatable bonds is 5. The Morgan fingerprint density at radius 1 is 1.00 bits per heavy atom. The number of carbonyl (C=O) groups excluding carboxylic acids is 1. The van der Waals surface area contributed by atoms with Crippen LogP contribution in [0.5, 0.6) is 5.75 Å². The smallest absolute Gasteiger partial charge is 0.276 e. The molecule has 0 spiro atoms. The molecule has 0 saturated heterocycles. The SMILES string of the molecule is COc1ccccc1NC(=O)c1ccc(Nc2ccc(F)cc2F)nn1. The van der Waals surface area contributed by atoms with Crippen molar-refractivity contribution in [2.75, 3.05) is 17.7 Å². The van der Waals surface area contributed by atoms with E-state index in [-0.39, 0.29) is 17.2 Å². The quantitative estimate of drug-likeness (QED) is 0.728. The first kappa shape index (κ1) is 17.3. The summed E-state index contributed by atoms with van der Waals surface area (Å²) in [7, 11) is 1.50. The van der Waals surface area contributed by atoms with Gasteiger partial charge in [0.25, 0.3) is 5.91 Å². The van der Waals surface area contributed by atoms with Gasteiger partial charge in [-0.25, -0.2) is 8.78 Å². The number of ether oxygens (including phenoxy) is 1. The summed E-state index contributed by atoms with van der Waals surface area (Å²) in [6.07, 6.45) is 0. The lowest BCUT2D eigenvalue weighted by Crippen LogP contribution is -2.15. The minimum absolute atomic E-state index is 0.0481. The zero-order valence-electron chi connectivity index (χ0n) is 13.7. The van der Waals surface area contributed by atoms with Crippen LogP contribution in [0.4, 0.5) is 26.0 Å². The molecule has 132 valence electrons. The molecule has 6 nitrogen and oxygen atoms in total. The van der Waals surface area contributed by atoms with Crippen LogP contribution in [0.1, 0.15) is 10.5 Å². The van der Waals surface area contributed by atoms with Crippen LogP contribution >= 0.6 is 0 Å². The molecule has 0 bridgehead atoms. The first-order valence-corrected chi connectivity index (χ1v) is 7.57. The van der Waals surface area contributed by atoms with Gasteiger partial charge in [-0.1, -0.05) is 12.1 Å². The predicted octanol–water partition coefficient (Wildman–Crippen LogP) is 3.76. The number of hydrogen-bond donors (Lipinski definition) is 2. The van der Waals surface area contributed by atoms with E-state index in [2.05, 4.69) is 20.8 Å². The number of nitrogens with zero attached hydrogens (tertiary/aromatic N) is 2. The maximum Gasteiger partial charge on any atom is 0.276 e. The molecule has 2 aromatic carbocycles. The van der Waals surface area contributed by atoms with E-state index in [1.54, 1.807) is 24.3 Å². The third-order valence-electron chi connectivity index (χ3n) is 3.45. The monoisotopic (exact) mass is 356 g/mol. The predicted molar refractivity (Wildman–Crippen MR) is 92.6 cm³/mol. The van der Waals surface area contributed by atoms with Crippen molar-refractivity contribution < 1.29 is 18.3 Å². The molecule has 1 heterocycles. The number of anilines is 3. The van der Waals surface area contributed by atoms with E-state index in [0.29, 0.717) is 11.4 Å². The van der Waals surface area contributed by atoms with E-state index in [4.69, 9.17) is 4.74 Å². The minimum Gasteiger partial charge on any atom is -0.495 e. The van der Waals surface area contributed by atoms with E-state index < -0.39 is 17.5 Å². The summed E-state index contributed by atoms with van der Waals surface area (Å²) in [5.41, 5.74) is 0.616. The average molecular weight is 356 g/mol. The number of para-hydroxylation sites is 2. The Bertz CT molecular complexity index is 933. The lowest BCUT2D eigenvalue weighted by molar-refractivity contribution is 0.102. The molecule has 0 atom stereocenters. The van der Waals surface area contributed by atoms with E-state index in [1.807, 2.05) is 0 Å². The highest BCUT2D eigenvalue weighted by molar-refractivity contribution is 6.03. The van der Waals surface area contributed by atoms with Crippen molar-refractivity contribution in [1.82, 2.24) is 10.2 Å². The van der Waals surface area contributed by atoms with Crippen molar-refractivity contribution >= 4 is 23.1 Å². The molecule has 8 heteroatoms. The van der Waals surface area contributed by atoms with Crippen LogP contribution in [-0.4, -0.2) is 23.2 Å². The molecule has 1 amide bonds. The van der Waals surface area contributed by atoms with Gasteiger partial charge in [0.2, 0.25) is 0 Å². The summed E-state index contributed by atoms with van der Waals surface area (Å²) in [5.74, 6) is -1.18. The summed E-state index contributed by atoms with van der Waals surface area (Å²) in [6, 6.07) is 13.0. The molecule has 1 aromatic heterocycles. The van der Waals surface area contributed by atoms with Gasteiger partial charge in [0.15, 0.2) is 11.5 Å². The van der Waals surface area contributed by atoms with Crippen molar-refractivity contribution in [3.05, 3.63) is 71.9 Å². The van der Waals surface area contributed by atoms with Crippen molar-refractivity contribution in [2.45, 2.75) is 0 Å². The molecule has 2 N–H and O–H groups in total. The summed E-state index contributed by atoms with van der Waals surface area (Å²) in [4.78, 5) is 12.3. The molecule has 0 aliphatic carbocycles. The maximum atomic E-state index is 13.6. The summed E-state index contributed by atoms with van der Waals surface area (Å²) in [6.45, 7) is 0. The van der Waals surface area contributed by atoms with Crippen molar-refractivity contribution in [1.29, 1.82) is 0 Å². The second-order valence-corrected chi connectivity index (χ2v) is 5.21. The molecule has 0 aliphatic rings. The van der Waals surface area contributed by atoms with Gasteiger partial charge < -0.3 is 15.4 Å². The maximum absolute atomic E-state index is 13.6. The van der Waals surface area contributed by atoms with E-state index in [0.717, 1.165) is 12.1 Å². The molecule has 3 aromatic rings. The molecular formula is C18H14F2N4O2. The molecular weight excluding hydrogens is 342 g/mol. The molecule has 0 fully saturated rings. The minimum atomic E-state index is -0.759. The highest BCUT2D eigenvalue weighted by Gasteiger charge is 2.12. The first-order valence-electron chi connectivity index (χ1n) is 7.57. The second-order valence-electron chi connectivity index (χ2n) is 5.21. The van der Waals surface area contributed by atoms with Gasteiger partial charge in [-0.05, 0) is 36.4 Å². The molecule has 26 heavy (non-hydrogen) atoms. The number of benzene rings is 2. The van der Waals surface area contributed by atoms with E-state index in [9.17, 15) is 13.6 Å². The van der Waals surface area contributed by atoms with E-state index in [1.165, 1.54) is 25.3 Å². The van der Waals surface area contributed by atoms with Gasteiger partial charge in [0, 0.05) is 6.07 Å². The average Bonchev–Trinajstić information content (AvgIpc) is 2.65. The first-order chi connectivity index (χ1) is 12.6. The van der Waals surface area contributed by atoms with Gasteiger partial charge in [-0.15, -0.1) is 10.2 Å². The number of halogens is 2. The van der Waals surface area contributed by atoms with Crippen LogP contribution in [0.15, 0.2) is 54.6 Å². The molecule has 0 aliphatic heterocycles. The third-order valence-corrected chi connectivity index (χ3v) is 3.45. The van der Waals surface area contributed by atoms with E-state index >= 15 is 0 Å². The van der Waals surface area contributed by atoms with Gasteiger partial charge in [0.1, 0.15) is 17.4 Å². The van der Waals surface area contributed by atoms with Crippen LogP contribution in [0.25, 0.3) is 0 Å². The Hall–Kier alpha value is -3.55. The number of amides is 1. The van der Waals surface area contributed by atoms with Gasteiger partial charge in [-0.3, -0.25) is 4.79 Å². The topological polar surface area (TPSA) is 76.1 Å². The fourth-order valence-corrected chi connectivity index (χ4v) is 2.18. The number of methoxy groups -OCH3 is 1. The Labute approximate surface area is 147 Å². The number of hydrogen-bond acceptors (Lipinski definition) is 5. The highest BCUT2D eigenvalue weighted by atomic mass is 19.1. The van der Waals surface area contributed by atoms with Crippen LogP contribution in [0.3, 0.4) is 0 Å². The normalized spacial score (nSPS) is 10.3. The lowest BCUT2D eigenvalue weighted by Gasteiger charge is -2.10. The zero-order valence-corrected chi connectivity index (χ0v) is 13.7. The Morgan fingerprint density at radius 3 is 2.50 bits per heavy atom. The summed E-state index contributed by atoms with van der Waals surface area (Å²) >= 11 is 0. The molecule has 3 rings (SSSR count). The standard InChI is InChI=1S/C18H14F2N4O2/c1-26-16-5-3-2-4-14(16)22-18(25)15-8-9-17(24-23-15)21-13-7-6-11(19)10-12(13)20/h2-10H,1H3,(H,21,24)(H,22,25). The third kappa shape index (κ3) is 3.92. The van der Waals surface area contributed by atoms with Crippen LogP contribution < -0.4 is 15.4 Å². The molecule has 0 unspecified atom stereocenters. The van der Waals surface area contributed by atoms with Crippen LogP contribution in [0, 0.1) is 11.6 Å². The van der Waals surface area contributed by atoms with Gasteiger partial charge >= 0.3 is 0 Å². The largest absolute Gasteiger partial charge is 0.495 e. The zero-order chi connectivity index (χ0) is 18.5. The fraction of sp³-hybridized carbons (Fsp3) is 0.0556. The number of aromatic nitrogens is 2. The van der Waals surface area contributed by atoms with Crippen molar-refractivity contribution in [2.24, 2.45) is 0 Å². The van der Waals surface area contributed by atoms with Gasteiger partial charge in [0.05, 0.1) is 18.5 Å². The number of nitrogens with one attached hydrogen (secondary N) is 2. The second kappa shape index (κ2) is 7.56. The van der Waals surface area contributed by atoms with Crippen LogP contribution in [-0.2, 0) is 0 Å². The fourth-order valence-electron chi connectivity index (χ4n) is 2.18. The Morgan fingerprint density at radius 2 is 1.81 bits per heavy atom. The Balaban J connectivity index is 1.71. The molecule has 0 saturated carbocycles. The Kier molecular flexibility index (Phi) is 5.02. The van der Waals surface area contributed by atoms with Crippen molar-refractivity contribution in [3.63, 3.8) is 0 Å². The van der Waals surface area contributed by atoms with Crippen molar-refractivity contribution in [3.8, 4) is 5.75 Å². The summed E-state index contributed by atoms with van der Waals surface area (Å²) in [5, 5.41) is 13.0. The number of carbonyl (C=O) groups is 1.